The second-order valence-electron chi connectivity index (χ2n) is 5.51. The molecule has 0 amide bonds. The zero-order chi connectivity index (χ0) is 10.7. The van der Waals surface area contributed by atoms with Crippen LogP contribution in [0.15, 0.2) is 0 Å². The standard InChI is InChI=1S/C12H24N2O.ClH/c1-11-8-14(6-3-7-15-11)10-12(2)4-5-13-9-12;/h11,13H,3-10H2,1-2H3;1H. The van der Waals surface area contributed by atoms with E-state index in [0.29, 0.717) is 11.5 Å². The molecule has 2 fully saturated rings. The van der Waals surface area contributed by atoms with Crippen molar-refractivity contribution in [3.63, 3.8) is 0 Å². The monoisotopic (exact) mass is 248 g/mol. The van der Waals surface area contributed by atoms with Gasteiger partial charge in [-0.3, -0.25) is 0 Å². The van der Waals surface area contributed by atoms with Gasteiger partial charge in [0.1, 0.15) is 0 Å². The molecule has 16 heavy (non-hydrogen) atoms. The number of rotatable bonds is 2. The van der Waals surface area contributed by atoms with Crippen molar-refractivity contribution in [1.82, 2.24) is 10.2 Å². The quantitative estimate of drug-likeness (QED) is 0.802. The molecule has 0 aromatic heterocycles. The van der Waals surface area contributed by atoms with Crippen molar-refractivity contribution in [2.45, 2.75) is 32.8 Å². The number of hydrogen-bond acceptors (Lipinski definition) is 3. The van der Waals surface area contributed by atoms with Gasteiger partial charge in [0, 0.05) is 32.8 Å². The van der Waals surface area contributed by atoms with E-state index < -0.39 is 0 Å². The number of halogens is 1. The van der Waals surface area contributed by atoms with Crippen LogP contribution in [-0.2, 0) is 4.74 Å². The van der Waals surface area contributed by atoms with Crippen molar-refractivity contribution >= 4 is 12.4 Å². The van der Waals surface area contributed by atoms with Gasteiger partial charge in [-0.25, -0.2) is 0 Å². The summed E-state index contributed by atoms with van der Waals surface area (Å²) in [5.41, 5.74) is 0.490. The summed E-state index contributed by atoms with van der Waals surface area (Å²) in [5.74, 6) is 0. The fraction of sp³-hybridized carbons (Fsp3) is 1.00. The van der Waals surface area contributed by atoms with Crippen LogP contribution in [0.2, 0.25) is 0 Å². The van der Waals surface area contributed by atoms with E-state index in [1.165, 1.54) is 39.0 Å². The molecule has 0 aliphatic carbocycles. The van der Waals surface area contributed by atoms with Crippen LogP contribution in [0.4, 0.5) is 0 Å². The molecule has 2 rings (SSSR count). The van der Waals surface area contributed by atoms with Gasteiger partial charge in [0.05, 0.1) is 6.10 Å². The van der Waals surface area contributed by atoms with E-state index in [9.17, 15) is 0 Å². The predicted molar refractivity (Wildman–Crippen MR) is 69.3 cm³/mol. The van der Waals surface area contributed by atoms with Crippen LogP contribution in [0.5, 0.6) is 0 Å². The molecule has 2 aliphatic rings. The van der Waals surface area contributed by atoms with E-state index in [1.54, 1.807) is 0 Å². The highest BCUT2D eigenvalue weighted by Crippen LogP contribution is 2.26. The molecular weight excluding hydrogens is 224 g/mol. The third-order valence-corrected chi connectivity index (χ3v) is 3.60. The summed E-state index contributed by atoms with van der Waals surface area (Å²) in [4.78, 5) is 2.59. The minimum Gasteiger partial charge on any atom is -0.377 e. The molecule has 96 valence electrons. The molecule has 0 bridgehead atoms. The molecule has 2 heterocycles. The average Bonchev–Trinajstić information content (AvgIpc) is 2.49. The first kappa shape index (κ1) is 14.2. The molecule has 3 nitrogen and oxygen atoms in total. The zero-order valence-electron chi connectivity index (χ0n) is 10.5. The number of ether oxygens (including phenoxy) is 1. The SMILES string of the molecule is CC1CN(CC2(C)CCNC2)CCCO1.Cl. The largest absolute Gasteiger partial charge is 0.377 e. The van der Waals surface area contributed by atoms with Gasteiger partial charge in [0.25, 0.3) is 0 Å². The summed E-state index contributed by atoms with van der Waals surface area (Å²) in [7, 11) is 0. The molecule has 0 aromatic carbocycles. The highest BCUT2D eigenvalue weighted by Gasteiger charge is 2.31. The Kier molecular flexibility index (Phi) is 5.51. The lowest BCUT2D eigenvalue weighted by atomic mass is 9.89. The Morgan fingerprint density at radius 3 is 3.00 bits per heavy atom. The van der Waals surface area contributed by atoms with E-state index in [2.05, 4.69) is 24.1 Å². The summed E-state index contributed by atoms with van der Waals surface area (Å²) in [6, 6.07) is 0. The second kappa shape index (κ2) is 6.20. The summed E-state index contributed by atoms with van der Waals surface area (Å²) in [5, 5.41) is 3.47. The molecular formula is C12H25ClN2O. The van der Waals surface area contributed by atoms with Gasteiger partial charge in [-0.2, -0.15) is 0 Å². The van der Waals surface area contributed by atoms with E-state index in [-0.39, 0.29) is 12.4 Å². The second-order valence-corrected chi connectivity index (χ2v) is 5.51. The number of hydrogen-bond donors (Lipinski definition) is 1. The topological polar surface area (TPSA) is 24.5 Å². The van der Waals surface area contributed by atoms with Gasteiger partial charge in [0.15, 0.2) is 0 Å². The van der Waals surface area contributed by atoms with E-state index in [0.717, 1.165) is 13.2 Å². The highest BCUT2D eigenvalue weighted by molar-refractivity contribution is 5.85. The normalized spacial score (nSPS) is 36.8. The van der Waals surface area contributed by atoms with Crippen LogP contribution in [0.1, 0.15) is 26.7 Å². The first-order valence-corrected chi connectivity index (χ1v) is 6.23. The third-order valence-electron chi connectivity index (χ3n) is 3.60. The first-order valence-electron chi connectivity index (χ1n) is 6.23. The van der Waals surface area contributed by atoms with Crippen LogP contribution in [0, 0.1) is 5.41 Å². The Bertz CT molecular complexity index is 207. The zero-order valence-corrected chi connectivity index (χ0v) is 11.3. The molecule has 1 N–H and O–H groups in total. The van der Waals surface area contributed by atoms with Crippen molar-refractivity contribution in [3.05, 3.63) is 0 Å². The van der Waals surface area contributed by atoms with Crippen molar-refractivity contribution in [1.29, 1.82) is 0 Å². The molecule has 2 atom stereocenters. The first-order chi connectivity index (χ1) is 7.18. The highest BCUT2D eigenvalue weighted by atomic mass is 35.5. The summed E-state index contributed by atoms with van der Waals surface area (Å²) in [6.07, 6.45) is 2.91. The summed E-state index contributed by atoms with van der Waals surface area (Å²) >= 11 is 0. The average molecular weight is 249 g/mol. The van der Waals surface area contributed by atoms with Gasteiger partial charge < -0.3 is 15.0 Å². The van der Waals surface area contributed by atoms with Crippen molar-refractivity contribution in [2.75, 3.05) is 39.3 Å². The van der Waals surface area contributed by atoms with Crippen LogP contribution >= 0.6 is 12.4 Å². The van der Waals surface area contributed by atoms with Crippen LogP contribution in [-0.4, -0.2) is 50.3 Å². The Labute approximate surface area is 105 Å². The van der Waals surface area contributed by atoms with Gasteiger partial charge in [0.2, 0.25) is 0 Å². The Morgan fingerprint density at radius 2 is 2.31 bits per heavy atom. The lowest BCUT2D eigenvalue weighted by Crippen LogP contribution is -2.40. The molecule has 2 unspecified atom stereocenters. The van der Waals surface area contributed by atoms with Crippen LogP contribution in [0.25, 0.3) is 0 Å². The van der Waals surface area contributed by atoms with E-state index in [1.807, 2.05) is 0 Å². The van der Waals surface area contributed by atoms with E-state index in [4.69, 9.17) is 4.74 Å². The van der Waals surface area contributed by atoms with Gasteiger partial charge in [-0.15, -0.1) is 12.4 Å². The number of nitrogens with one attached hydrogen (secondary N) is 1. The predicted octanol–water partition coefficient (Wildman–Crippen LogP) is 1.52. The fourth-order valence-corrected chi connectivity index (χ4v) is 2.77. The minimum atomic E-state index is 0. The fourth-order valence-electron chi connectivity index (χ4n) is 2.77. The summed E-state index contributed by atoms with van der Waals surface area (Å²) < 4.78 is 5.67. The Balaban J connectivity index is 0.00000128. The third kappa shape index (κ3) is 3.88. The molecule has 0 saturated carbocycles. The molecule has 2 aliphatic heterocycles. The van der Waals surface area contributed by atoms with Crippen LogP contribution < -0.4 is 5.32 Å². The van der Waals surface area contributed by atoms with Gasteiger partial charge >= 0.3 is 0 Å². The van der Waals surface area contributed by atoms with E-state index >= 15 is 0 Å². The lowest BCUT2D eigenvalue weighted by Gasteiger charge is -2.31. The maximum absolute atomic E-state index is 5.67. The van der Waals surface area contributed by atoms with Crippen molar-refractivity contribution in [3.8, 4) is 0 Å². The molecule has 4 heteroatoms. The summed E-state index contributed by atoms with van der Waals surface area (Å²) in [6.45, 7) is 11.4. The maximum Gasteiger partial charge on any atom is 0.0673 e. The molecule has 2 saturated heterocycles. The molecule has 0 radical (unpaired) electrons. The van der Waals surface area contributed by atoms with Crippen LogP contribution in [0.3, 0.4) is 0 Å². The number of nitrogens with zero attached hydrogens (tertiary/aromatic N) is 1. The van der Waals surface area contributed by atoms with Gasteiger partial charge in [-0.05, 0) is 31.7 Å². The molecule has 0 aromatic rings. The van der Waals surface area contributed by atoms with Gasteiger partial charge in [-0.1, -0.05) is 6.92 Å². The Hall–Kier alpha value is 0.170. The Morgan fingerprint density at radius 1 is 1.50 bits per heavy atom. The smallest absolute Gasteiger partial charge is 0.0673 e. The minimum absolute atomic E-state index is 0. The lowest BCUT2D eigenvalue weighted by molar-refractivity contribution is 0.0618. The maximum atomic E-state index is 5.67. The van der Waals surface area contributed by atoms with Crippen molar-refractivity contribution < 1.29 is 4.74 Å². The van der Waals surface area contributed by atoms with Crippen molar-refractivity contribution in [2.24, 2.45) is 5.41 Å². The molecule has 0 spiro atoms.